The fourth-order valence-electron chi connectivity index (χ4n) is 0.462. The molecule has 0 spiro atoms. The first-order valence-corrected chi connectivity index (χ1v) is 4.30. The third-order valence-electron chi connectivity index (χ3n) is 0.877. The average Bonchev–Trinajstić information content (AvgIpc) is 1.80. The van der Waals surface area contributed by atoms with Crippen molar-refractivity contribution >= 4 is 10.1 Å². The Morgan fingerprint density at radius 3 is 2.27 bits per heavy atom. The Bertz CT molecular complexity index is 185. The molecule has 3 N–H and O–H groups in total. The molecule has 0 aliphatic heterocycles. The van der Waals surface area contributed by atoms with Gasteiger partial charge in [-0.3, -0.25) is 4.55 Å². The summed E-state index contributed by atoms with van der Waals surface area (Å²) in [5, 5.41) is 0. The van der Waals surface area contributed by atoms with Gasteiger partial charge < -0.3 is 11.9 Å². The van der Waals surface area contributed by atoms with Crippen LogP contribution < -0.4 is 35.3 Å². The first kappa shape index (κ1) is 14.4. The summed E-state index contributed by atoms with van der Waals surface area (Å²) in [4.78, 5) is 0. The molecule has 0 saturated carbocycles. The minimum absolute atomic E-state index is 0. The van der Waals surface area contributed by atoms with Crippen molar-refractivity contribution in [3.8, 4) is 0 Å². The molecule has 0 aromatic carbocycles. The van der Waals surface area contributed by atoms with Crippen LogP contribution in [0.25, 0.3) is 0 Å². The van der Waals surface area contributed by atoms with Gasteiger partial charge in [-0.2, -0.15) is 8.42 Å². The summed E-state index contributed by atoms with van der Waals surface area (Å²) in [6.07, 6.45) is 0. The van der Waals surface area contributed by atoms with Crippen LogP contribution in [0.1, 0.15) is 8.35 Å². The predicted octanol–water partition coefficient (Wildman–Crippen LogP) is -3.69. The molecule has 0 heterocycles. The van der Waals surface area contributed by atoms with E-state index in [0.29, 0.717) is 0 Å². The van der Waals surface area contributed by atoms with E-state index in [2.05, 4.69) is 4.74 Å². The van der Waals surface area contributed by atoms with Crippen molar-refractivity contribution in [3.05, 3.63) is 0 Å². The van der Waals surface area contributed by atoms with Crippen LogP contribution in [-0.2, 0) is 14.9 Å². The molecular formula is C4H12NNaO4S. The van der Waals surface area contributed by atoms with Crippen molar-refractivity contribution in [1.29, 1.82) is 0 Å². The fourth-order valence-corrected chi connectivity index (χ4v) is 1.01. The molecule has 11 heavy (non-hydrogen) atoms. The summed E-state index contributed by atoms with van der Waals surface area (Å²) in [6, 6.07) is 0. The van der Waals surface area contributed by atoms with E-state index in [1.165, 1.54) is 0 Å². The Hall–Kier alpha value is 0.830. The van der Waals surface area contributed by atoms with E-state index in [4.69, 9.17) is 10.3 Å². The Kier molecular flexibility index (Phi) is 8.30. The third kappa shape index (κ3) is 6.03. The molecule has 0 aromatic heterocycles. The Morgan fingerprint density at radius 1 is 1.73 bits per heavy atom. The zero-order valence-electron chi connectivity index (χ0n) is 7.65. The normalized spacial score (nSPS) is 13.7. The molecule has 0 aromatic rings. The standard InChI is InChI=1S/C4H11NO4S.Na.H/c1-2-9-4(3-5)10(6,7)8;;/h4H,2-3,5H2,1H3,(H,6,7,8);;/q;+1;-1. The minimum Gasteiger partial charge on any atom is -1.00 e. The molecule has 0 radical (unpaired) electrons. The van der Waals surface area contributed by atoms with Crippen LogP contribution in [0.15, 0.2) is 0 Å². The summed E-state index contributed by atoms with van der Waals surface area (Å²) in [5.74, 6) is 0. The predicted molar refractivity (Wildman–Crippen MR) is 37.1 cm³/mol. The number of ether oxygens (including phenoxy) is 1. The maximum atomic E-state index is 10.3. The minimum atomic E-state index is -4.12. The van der Waals surface area contributed by atoms with Gasteiger partial charge in [-0.25, -0.2) is 0 Å². The monoisotopic (exact) mass is 193 g/mol. The van der Waals surface area contributed by atoms with Gasteiger partial charge >= 0.3 is 29.6 Å². The van der Waals surface area contributed by atoms with Gasteiger partial charge in [0.05, 0.1) is 0 Å². The first-order valence-electron chi connectivity index (χ1n) is 2.80. The molecule has 0 bridgehead atoms. The second-order valence-corrected chi connectivity index (χ2v) is 3.19. The van der Waals surface area contributed by atoms with Crippen molar-refractivity contribution in [2.75, 3.05) is 13.2 Å². The van der Waals surface area contributed by atoms with E-state index in [9.17, 15) is 8.42 Å². The molecule has 0 fully saturated rings. The molecule has 64 valence electrons. The molecule has 1 atom stereocenters. The number of hydrogen-bond acceptors (Lipinski definition) is 4. The van der Waals surface area contributed by atoms with E-state index in [-0.39, 0.29) is 44.1 Å². The molecule has 0 aliphatic carbocycles. The summed E-state index contributed by atoms with van der Waals surface area (Å²) in [7, 11) is -4.12. The number of hydrogen-bond donors (Lipinski definition) is 2. The van der Waals surface area contributed by atoms with Gasteiger partial charge in [-0.15, -0.1) is 0 Å². The van der Waals surface area contributed by atoms with E-state index < -0.39 is 15.6 Å². The van der Waals surface area contributed by atoms with Crippen molar-refractivity contribution in [1.82, 2.24) is 0 Å². The van der Waals surface area contributed by atoms with E-state index in [0.717, 1.165) is 0 Å². The second kappa shape index (κ2) is 6.36. The molecular weight excluding hydrogens is 181 g/mol. The van der Waals surface area contributed by atoms with Crippen LogP contribution in [0.5, 0.6) is 0 Å². The zero-order valence-corrected chi connectivity index (χ0v) is 9.47. The van der Waals surface area contributed by atoms with Gasteiger partial charge in [0, 0.05) is 13.2 Å². The summed E-state index contributed by atoms with van der Waals surface area (Å²) >= 11 is 0. The molecule has 0 amide bonds. The van der Waals surface area contributed by atoms with Crippen LogP contribution in [0.2, 0.25) is 0 Å². The Balaban J connectivity index is -0.000000405. The largest absolute Gasteiger partial charge is 1.00 e. The van der Waals surface area contributed by atoms with Crippen LogP contribution in [0.4, 0.5) is 0 Å². The smallest absolute Gasteiger partial charge is 1.00 e. The molecule has 0 rings (SSSR count). The van der Waals surface area contributed by atoms with Crippen molar-refractivity contribution in [2.45, 2.75) is 12.4 Å². The van der Waals surface area contributed by atoms with Gasteiger partial charge in [-0.05, 0) is 6.92 Å². The maximum Gasteiger partial charge on any atom is 1.00 e. The van der Waals surface area contributed by atoms with Gasteiger partial charge in [0.25, 0.3) is 10.1 Å². The van der Waals surface area contributed by atoms with E-state index in [1.807, 2.05) is 0 Å². The van der Waals surface area contributed by atoms with Crippen LogP contribution in [0.3, 0.4) is 0 Å². The van der Waals surface area contributed by atoms with E-state index >= 15 is 0 Å². The van der Waals surface area contributed by atoms with Crippen molar-refractivity contribution in [2.24, 2.45) is 5.73 Å². The summed E-state index contributed by atoms with van der Waals surface area (Å²) < 4.78 is 33.6. The van der Waals surface area contributed by atoms with Crippen LogP contribution >= 0.6 is 0 Å². The number of nitrogens with two attached hydrogens (primary N) is 1. The van der Waals surface area contributed by atoms with Crippen LogP contribution in [-0.4, -0.2) is 31.6 Å². The van der Waals surface area contributed by atoms with Gasteiger partial charge in [0.15, 0.2) is 5.44 Å². The van der Waals surface area contributed by atoms with E-state index in [1.54, 1.807) is 6.92 Å². The maximum absolute atomic E-state index is 10.3. The first-order chi connectivity index (χ1) is 4.52. The summed E-state index contributed by atoms with van der Waals surface area (Å²) in [6.45, 7) is 1.60. The molecule has 1 unspecified atom stereocenters. The molecule has 5 nitrogen and oxygen atoms in total. The van der Waals surface area contributed by atoms with Crippen molar-refractivity contribution < 1.29 is 48.7 Å². The van der Waals surface area contributed by atoms with Gasteiger partial charge in [0.2, 0.25) is 0 Å². The molecule has 0 saturated heterocycles. The topological polar surface area (TPSA) is 89.6 Å². The zero-order chi connectivity index (χ0) is 8.20. The SMILES string of the molecule is CCOC(CN)S(=O)(=O)O.[H-].[Na+]. The number of rotatable bonds is 4. The van der Waals surface area contributed by atoms with Crippen molar-refractivity contribution in [3.63, 3.8) is 0 Å². The van der Waals surface area contributed by atoms with Gasteiger partial charge in [-0.1, -0.05) is 0 Å². The fraction of sp³-hybridized carbons (Fsp3) is 1.00. The molecule has 7 heteroatoms. The summed E-state index contributed by atoms with van der Waals surface area (Å²) in [5.41, 5.74) is 3.70. The van der Waals surface area contributed by atoms with Crippen LogP contribution in [0, 0.1) is 0 Å². The van der Waals surface area contributed by atoms with Gasteiger partial charge in [0.1, 0.15) is 0 Å². The second-order valence-electron chi connectivity index (χ2n) is 1.64. The average molecular weight is 193 g/mol. The Morgan fingerprint density at radius 2 is 2.18 bits per heavy atom. The third-order valence-corrected chi connectivity index (χ3v) is 1.87. The quantitative estimate of drug-likeness (QED) is 0.354. The Labute approximate surface area is 89.8 Å². The molecule has 0 aliphatic rings.